The summed E-state index contributed by atoms with van der Waals surface area (Å²) in [5.41, 5.74) is 5.26. The lowest BCUT2D eigenvalue weighted by Crippen LogP contribution is -2.25. The zero-order chi connectivity index (χ0) is 18.1. The molecule has 26 heavy (non-hydrogen) atoms. The van der Waals surface area contributed by atoms with Gasteiger partial charge in [0.25, 0.3) is 0 Å². The van der Waals surface area contributed by atoms with Gasteiger partial charge >= 0.3 is 0 Å². The van der Waals surface area contributed by atoms with E-state index in [9.17, 15) is 4.39 Å². The van der Waals surface area contributed by atoms with Crippen molar-refractivity contribution in [2.75, 3.05) is 0 Å². The molecular weight excluding hydrogens is 325 g/mol. The molecule has 134 valence electrons. The van der Waals surface area contributed by atoms with Crippen LogP contribution in [-0.2, 0) is 13.1 Å². The molecule has 3 nitrogen and oxygen atoms in total. The van der Waals surface area contributed by atoms with Crippen LogP contribution in [0.15, 0.2) is 54.6 Å². The summed E-state index contributed by atoms with van der Waals surface area (Å²) in [6, 6.07) is 18.3. The zero-order valence-electron chi connectivity index (χ0n) is 15.3. The molecular formula is C22H24FN3. The lowest BCUT2D eigenvalue weighted by atomic mass is 10.1. The van der Waals surface area contributed by atoms with E-state index in [0.717, 1.165) is 29.2 Å². The number of nitrogens with zero attached hydrogens (tertiary/aromatic N) is 3. The highest BCUT2D eigenvalue weighted by Gasteiger charge is 2.29. The Balaban J connectivity index is 1.50. The van der Waals surface area contributed by atoms with Gasteiger partial charge in [-0.15, -0.1) is 0 Å². The van der Waals surface area contributed by atoms with Crippen LogP contribution in [0.5, 0.6) is 0 Å². The molecule has 0 unspecified atom stereocenters. The molecule has 3 aromatic rings. The van der Waals surface area contributed by atoms with Crippen molar-refractivity contribution in [3.8, 4) is 5.69 Å². The normalized spacial score (nSPS) is 14.2. The van der Waals surface area contributed by atoms with Gasteiger partial charge in [-0.1, -0.05) is 30.3 Å². The monoisotopic (exact) mass is 349 g/mol. The molecule has 1 fully saturated rings. The van der Waals surface area contributed by atoms with Gasteiger partial charge in [0.2, 0.25) is 0 Å². The maximum absolute atomic E-state index is 14.0. The third-order valence-electron chi connectivity index (χ3n) is 4.97. The largest absolute Gasteiger partial charge is 0.292 e. The Kier molecular flexibility index (Phi) is 4.60. The summed E-state index contributed by atoms with van der Waals surface area (Å²) in [5.74, 6) is -0.113. The van der Waals surface area contributed by atoms with Crippen molar-refractivity contribution in [3.63, 3.8) is 0 Å². The molecule has 4 rings (SSSR count). The Labute approximate surface area is 154 Å². The molecule has 0 atom stereocenters. The lowest BCUT2D eigenvalue weighted by Gasteiger charge is -2.22. The first-order chi connectivity index (χ1) is 12.6. The summed E-state index contributed by atoms with van der Waals surface area (Å²) in [7, 11) is 0. The van der Waals surface area contributed by atoms with Crippen LogP contribution in [0.1, 0.15) is 35.4 Å². The molecule has 0 bridgehead atoms. The molecule has 0 amide bonds. The van der Waals surface area contributed by atoms with Crippen LogP contribution in [0, 0.1) is 19.7 Å². The summed E-state index contributed by atoms with van der Waals surface area (Å²) in [6.07, 6.45) is 2.41. The first kappa shape index (κ1) is 17.0. The molecule has 1 aromatic heterocycles. The van der Waals surface area contributed by atoms with Gasteiger partial charge in [0.1, 0.15) is 5.82 Å². The Morgan fingerprint density at radius 1 is 1.04 bits per heavy atom. The van der Waals surface area contributed by atoms with E-state index in [2.05, 4.69) is 47.3 Å². The summed E-state index contributed by atoms with van der Waals surface area (Å²) in [6.45, 7) is 5.58. The molecule has 1 aliphatic rings. The molecule has 1 heterocycles. The Hall–Kier alpha value is -2.46. The number of hydrogen-bond acceptors (Lipinski definition) is 2. The van der Waals surface area contributed by atoms with Gasteiger partial charge in [-0.2, -0.15) is 5.10 Å². The maximum atomic E-state index is 14.0. The van der Waals surface area contributed by atoms with E-state index in [1.807, 2.05) is 23.7 Å². The predicted octanol–water partition coefficient (Wildman–Crippen LogP) is 4.79. The van der Waals surface area contributed by atoms with Gasteiger partial charge in [-0.3, -0.25) is 4.90 Å². The SMILES string of the molecule is Cc1cc(C)n(-c2ccc(CN(Cc3ccccc3F)C3CC3)cc2)n1. The number of aromatic nitrogens is 2. The van der Waals surface area contributed by atoms with Crippen molar-refractivity contribution in [2.45, 2.75) is 45.8 Å². The number of rotatable bonds is 6. The average molecular weight is 349 g/mol. The zero-order valence-corrected chi connectivity index (χ0v) is 15.3. The van der Waals surface area contributed by atoms with Crippen LogP contribution in [0.3, 0.4) is 0 Å². The van der Waals surface area contributed by atoms with Crippen molar-refractivity contribution in [1.82, 2.24) is 14.7 Å². The highest BCUT2D eigenvalue weighted by molar-refractivity contribution is 5.36. The van der Waals surface area contributed by atoms with Gasteiger partial charge < -0.3 is 0 Å². The van der Waals surface area contributed by atoms with Gasteiger partial charge in [0.15, 0.2) is 0 Å². The Morgan fingerprint density at radius 3 is 2.38 bits per heavy atom. The fraction of sp³-hybridized carbons (Fsp3) is 0.318. The smallest absolute Gasteiger partial charge is 0.127 e. The Morgan fingerprint density at radius 2 is 1.77 bits per heavy atom. The summed E-state index contributed by atoms with van der Waals surface area (Å²) >= 11 is 0. The van der Waals surface area contributed by atoms with Crippen molar-refractivity contribution in [1.29, 1.82) is 0 Å². The van der Waals surface area contributed by atoms with Gasteiger partial charge in [-0.05, 0) is 56.5 Å². The Bertz CT molecular complexity index is 894. The number of halogens is 1. The molecule has 1 saturated carbocycles. The molecule has 1 aliphatic carbocycles. The fourth-order valence-corrected chi connectivity index (χ4v) is 3.47. The highest BCUT2D eigenvalue weighted by Crippen LogP contribution is 2.30. The van der Waals surface area contributed by atoms with E-state index < -0.39 is 0 Å². The molecule has 0 N–H and O–H groups in total. The van der Waals surface area contributed by atoms with Crippen LogP contribution < -0.4 is 0 Å². The van der Waals surface area contributed by atoms with Crippen molar-refractivity contribution in [3.05, 3.63) is 82.9 Å². The average Bonchev–Trinajstić information content (AvgIpc) is 3.41. The minimum absolute atomic E-state index is 0.113. The van der Waals surface area contributed by atoms with E-state index in [0.29, 0.717) is 12.6 Å². The van der Waals surface area contributed by atoms with E-state index in [1.54, 1.807) is 12.1 Å². The third-order valence-corrected chi connectivity index (χ3v) is 4.97. The van der Waals surface area contributed by atoms with E-state index in [1.165, 1.54) is 18.4 Å². The fourth-order valence-electron chi connectivity index (χ4n) is 3.47. The molecule has 0 saturated heterocycles. The molecule has 2 aromatic carbocycles. The second-order valence-electron chi connectivity index (χ2n) is 7.23. The van der Waals surface area contributed by atoms with Gasteiger partial charge in [-0.25, -0.2) is 9.07 Å². The van der Waals surface area contributed by atoms with Crippen LogP contribution >= 0.6 is 0 Å². The van der Waals surface area contributed by atoms with Gasteiger partial charge in [0, 0.05) is 30.4 Å². The van der Waals surface area contributed by atoms with Gasteiger partial charge in [0.05, 0.1) is 11.4 Å². The minimum atomic E-state index is -0.113. The molecule has 0 aliphatic heterocycles. The first-order valence-electron chi connectivity index (χ1n) is 9.20. The number of aryl methyl sites for hydroxylation is 2. The number of benzene rings is 2. The molecule has 0 spiro atoms. The summed E-state index contributed by atoms with van der Waals surface area (Å²) in [4.78, 5) is 2.39. The molecule has 4 heteroatoms. The van der Waals surface area contributed by atoms with E-state index in [4.69, 9.17) is 0 Å². The second kappa shape index (κ2) is 7.04. The maximum Gasteiger partial charge on any atom is 0.127 e. The van der Waals surface area contributed by atoms with Crippen molar-refractivity contribution in [2.24, 2.45) is 0 Å². The summed E-state index contributed by atoms with van der Waals surface area (Å²) in [5, 5.41) is 4.54. The predicted molar refractivity (Wildman–Crippen MR) is 102 cm³/mol. The van der Waals surface area contributed by atoms with Crippen LogP contribution in [0.2, 0.25) is 0 Å². The molecule has 0 radical (unpaired) electrons. The second-order valence-corrected chi connectivity index (χ2v) is 7.23. The van der Waals surface area contributed by atoms with E-state index in [-0.39, 0.29) is 5.82 Å². The van der Waals surface area contributed by atoms with Crippen LogP contribution in [0.25, 0.3) is 5.69 Å². The first-order valence-corrected chi connectivity index (χ1v) is 9.20. The summed E-state index contributed by atoms with van der Waals surface area (Å²) < 4.78 is 16.0. The minimum Gasteiger partial charge on any atom is -0.292 e. The quantitative estimate of drug-likeness (QED) is 0.638. The highest BCUT2D eigenvalue weighted by atomic mass is 19.1. The van der Waals surface area contributed by atoms with Crippen molar-refractivity contribution < 1.29 is 4.39 Å². The topological polar surface area (TPSA) is 21.1 Å². The lowest BCUT2D eigenvalue weighted by molar-refractivity contribution is 0.242. The van der Waals surface area contributed by atoms with Crippen LogP contribution in [-0.4, -0.2) is 20.7 Å². The van der Waals surface area contributed by atoms with Crippen LogP contribution in [0.4, 0.5) is 4.39 Å². The van der Waals surface area contributed by atoms with Crippen molar-refractivity contribution >= 4 is 0 Å². The third kappa shape index (κ3) is 3.70. The number of hydrogen-bond donors (Lipinski definition) is 0. The van der Waals surface area contributed by atoms with E-state index >= 15 is 0 Å². The standard InChI is InChI=1S/C22H24FN3/c1-16-13-17(2)26(24-16)21-9-7-18(8-10-21)14-25(20-11-12-20)15-19-5-3-4-6-22(19)23/h3-10,13,20H,11-12,14-15H2,1-2H3.